The van der Waals surface area contributed by atoms with Gasteiger partial charge >= 0.3 is 0 Å². The van der Waals surface area contributed by atoms with Gasteiger partial charge in [-0.1, -0.05) is 11.3 Å². The van der Waals surface area contributed by atoms with Crippen molar-refractivity contribution in [3.05, 3.63) is 46.8 Å². The monoisotopic (exact) mass is 336 g/mol. The SMILES string of the molecule is Cc1ccc(F)c(CNC(=O)c2cn(CC3CCCO3)nn2)c1F. The van der Waals surface area contributed by atoms with Gasteiger partial charge in [-0.3, -0.25) is 4.79 Å². The molecule has 1 aliphatic heterocycles. The summed E-state index contributed by atoms with van der Waals surface area (Å²) in [6.45, 7) is 2.55. The number of aryl methyl sites for hydroxylation is 1. The molecule has 2 aromatic rings. The lowest BCUT2D eigenvalue weighted by atomic mass is 10.1. The van der Waals surface area contributed by atoms with Gasteiger partial charge in [-0.2, -0.15) is 0 Å². The third-order valence-corrected chi connectivity index (χ3v) is 3.99. The molecule has 1 aromatic carbocycles. The Morgan fingerprint density at radius 1 is 1.46 bits per heavy atom. The van der Waals surface area contributed by atoms with Crippen LogP contribution in [0, 0.1) is 18.6 Å². The third-order valence-electron chi connectivity index (χ3n) is 3.99. The molecule has 1 atom stereocenters. The van der Waals surface area contributed by atoms with Crippen molar-refractivity contribution in [2.24, 2.45) is 0 Å². The number of carbonyl (C=O) groups is 1. The number of rotatable bonds is 5. The van der Waals surface area contributed by atoms with E-state index in [0.717, 1.165) is 19.4 Å². The summed E-state index contributed by atoms with van der Waals surface area (Å²) in [5, 5.41) is 10.1. The van der Waals surface area contributed by atoms with Crippen molar-refractivity contribution >= 4 is 5.91 Å². The van der Waals surface area contributed by atoms with Crippen molar-refractivity contribution in [1.29, 1.82) is 0 Å². The number of benzene rings is 1. The van der Waals surface area contributed by atoms with Crippen molar-refractivity contribution in [3.8, 4) is 0 Å². The van der Waals surface area contributed by atoms with Crippen LogP contribution in [0.2, 0.25) is 0 Å². The molecule has 1 amide bonds. The molecule has 2 heterocycles. The van der Waals surface area contributed by atoms with Crippen molar-refractivity contribution in [3.63, 3.8) is 0 Å². The molecule has 1 unspecified atom stereocenters. The smallest absolute Gasteiger partial charge is 0.273 e. The molecule has 24 heavy (non-hydrogen) atoms. The van der Waals surface area contributed by atoms with E-state index in [9.17, 15) is 13.6 Å². The number of halogens is 2. The first-order chi connectivity index (χ1) is 11.5. The van der Waals surface area contributed by atoms with Crippen LogP contribution in [-0.4, -0.2) is 33.6 Å². The van der Waals surface area contributed by atoms with Gasteiger partial charge < -0.3 is 10.1 Å². The first kappa shape index (κ1) is 16.5. The van der Waals surface area contributed by atoms with Crippen LogP contribution in [0.15, 0.2) is 18.3 Å². The Morgan fingerprint density at radius 3 is 3.04 bits per heavy atom. The number of aromatic nitrogens is 3. The van der Waals surface area contributed by atoms with Crippen LogP contribution in [0.5, 0.6) is 0 Å². The third kappa shape index (κ3) is 3.59. The average Bonchev–Trinajstić information content (AvgIpc) is 3.23. The summed E-state index contributed by atoms with van der Waals surface area (Å²) in [7, 11) is 0. The number of nitrogens with one attached hydrogen (secondary N) is 1. The quantitative estimate of drug-likeness (QED) is 0.906. The maximum absolute atomic E-state index is 13.9. The number of carbonyl (C=O) groups excluding carboxylic acids is 1. The number of nitrogens with zero attached hydrogens (tertiary/aromatic N) is 3. The maximum atomic E-state index is 13.9. The fourth-order valence-corrected chi connectivity index (χ4v) is 2.62. The van der Waals surface area contributed by atoms with Crippen LogP contribution in [0.4, 0.5) is 8.78 Å². The molecular weight excluding hydrogens is 318 g/mol. The van der Waals surface area contributed by atoms with Crippen LogP contribution in [0.1, 0.15) is 34.5 Å². The van der Waals surface area contributed by atoms with E-state index in [4.69, 9.17) is 4.74 Å². The first-order valence-corrected chi connectivity index (χ1v) is 7.78. The second-order valence-electron chi connectivity index (χ2n) is 5.80. The van der Waals surface area contributed by atoms with Crippen molar-refractivity contribution in [1.82, 2.24) is 20.3 Å². The molecular formula is C16H18F2N4O2. The van der Waals surface area contributed by atoms with Crippen LogP contribution in [0.25, 0.3) is 0 Å². The lowest BCUT2D eigenvalue weighted by molar-refractivity contribution is 0.0929. The second-order valence-corrected chi connectivity index (χ2v) is 5.80. The molecule has 6 nitrogen and oxygen atoms in total. The van der Waals surface area contributed by atoms with E-state index >= 15 is 0 Å². The zero-order valence-corrected chi connectivity index (χ0v) is 13.3. The minimum Gasteiger partial charge on any atom is -0.376 e. The highest BCUT2D eigenvalue weighted by Gasteiger charge is 2.19. The fraction of sp³-hybridized carbons (Fsp3) is 0.438. The van der Waals surface area contributed by atoms with Gasteiger partial charge in [0.05, 0.1) is 18.8 Å². The van der Waals surface area contributed by atoms with E-state index < -0.39 is 17.5 Å². The molecule has 0 aliphatic carbocycles. The molecule has 1 aromatic heterocycles. The molecule has 1 saturated heterocycles. The molecule has 0 bridgehead atoms. The van der Waals surface area contributed by atoms with Crippen LogP contribution >= 0.6 is 0 Å². The molecule has 1 N–H and O–H groups in total. The minimum absolute atomic E-state index is 0.0816. The average molecular weight is 336 g/mol. The van der Waals surface area contributed by atoms with Gasteiger partial charge in [-0.15, -0.1) is 5.10 Å². The first-order valence-electron chi connectivity index (χ1n) is 7.78. The van der Waals surface area contributed by atoms with Gasteiger partial charge in [0, 0.05) is 18.7 Å². The molecule has 8 heteroatoms. The Labute approximate surface area is 137 Å². The molecule has 128 valence electrons. The van der Waals surface area contributed by atoms with Gasteiger partial charge in [0.25, 0.3) is 5.91 Å². The number of hydrogen-bond acceptors (Lipinski definition) is 4. The Balaban J connectivity index is 1.61. The summed E-state index contributed by atoms with van der Waals surface area (Å²) in [5.41, 5.74) is 0.250. The molecule has 0 radical (unpaired) electrons. The Morgan fingerprint density at radius 2 is 2.29 bits per heavy atom. The fourth-order valence-electron chi connectivity index (χ4n) is 2.62. The minimum atomic E-state index is -0.694. The van der Waals surface area contributed by atoms with E-state index in [-0.39, 0.29) is 23.9 Å². The van der Waals surface area contributed by atoms with E-state index in [1.54, 1.807) is 4.68 Å². The highest BCUT2D eigenvalue weighted by atomic mass is 19.1. The van der Waals surface area contributed by atoms with Crippen molar-refractivity contribution in [2.45, 2.75) is 39.0 Å². The topological polar surface area (TPSA) is 69.0 Å². The molecule has 0 saturated carbocycles. The summed E-state index contributed by atoms with van der Waals surface area (Å²) >= 11 is 0. The van der Waals surface area contributed by atoms with E-state index in [1.807, 2.05) is 0 Å². The van der Waals surface area contributed by atoms with E-state index in [1.165, 1.54) is 25.3 Å². The summed E-state index contributed by atoms with van der Waals surface area (Å²) in [4.78, 5) is 12.1. The number of ether oxygens (including phenoxy) is 1. The van der Waals surface area contributed by atoms with Gasteiger partial charge in [-0.25, -0.2) is 13.5 Å². The predicted octanol–water partition coefficient (Wildman–Crippen LogP) is 1.97. The molecule has 1 fully saturated rings. The lowest BCUT2D eigenvalue weighted by Crippen LogP contribution is -2.24. The van der Waals surface area contributed by atoms with Gasteiger partial charge in [0.1, 0.15) is 11.6 Å². The van der Waals surface area contributed by atoms with Gasteiger partial charge in [0.2, 0.25) is 0 Å². The van der Waals surface area contributed by atoms with E-state index in [0.29, 0.717) is 12.1 Å². The number of amides is 1. The van der Waals surface area contributed by atoms with Crippen molar-refractivity contribution < 1.29 is 18.3 Å². The van der Waals surface area contributed by atoms with Crippen LogP contribution in [0.3, 0.4) is 0 Å². The van der Waals surface area contributed by atoms with Gasteiger partial charge in [0.15, 0.2) is 5.69 Å². The van der Waals surface area contributed by atoms with Gasteiger partial charge in [-0.05, 0) is 31.4 Å². The Kier molecular flexibility index (Phi) is 4.84. The molecule has 0 spiro atoms. The largest absolute Gasteiger partial charge is 0.376 e. The zero-order valence-electron chi connectivity index (χ0n) is 13.3. The maximum Gasteiger partial charge on any atom is 0.273 e. The molecule has 1 aliphatic rings. The Hall–Kier alpha value is -2.35. The standard InChI is InChI=1S/C16H18F2N4O2/c1-10-4-5-13(17)12(15(10)18)7-19-16(23)14-9-22(21-20-14)8-11-3-2-6-24-11/h4-5,9,11H,2-3,6-8H2,1H3,(H,19,23). The van der Waals surface area contributed by atoms with Crippen LogP contribution < -0.4 is 5.32 Å². The predicted molar refractivity (Wildman–Crippen MR) is 81.3 cm³/mol. The highest BCUT2D eigenvalue weighted by Crippen LogP contribution is 2.16. The summed E-state index contributed by atoms with van der Waals surface area (Å²) in [6.07, 6.45) is 3.55. The number of hydrogen-bond donors (Lipinski definition) is 1. The summed E-state index contributed by atoms with van der Waals surface area (Å²) in [6, 6.07) is 2.53. The van der Waals surface area contributed by atoms with E-state index in [2.05, 4.69) is 15.6 Å². The highest BCUT2D eigenvalue weighted by molar-refractivity contribution is 5.91. The second kappa shape index (κ2) is 7.04. The molecule has 3 rings (SSSR count). The summed E-state index contributed by atoms with van der Waals surface area (Å²) in [5.74, 6) is -1.88. The zero-order chi connectivity index (χ0) is 17.1. The summed E-state index contributed by atoms with van der Waals surface area (Å²) < 4.78 is 34.6. The normalized spacial score (nSPS) is 17.2. The Bertz CT molecular complexity index is 742. The van der Waals surface area contributed by atoms with Crippen LogP contribution in [-0.2, 0) is 17.8 Å². The van der Waals surface area contributed by atoms with Crippen molar-refractivity contribution in [2.75, 3.05) is 6.61 Å². The lowest BCUT2D eigenvalue weighted by Gasteiger charge is -2.08.